The Kier molecular flexibility index (Phi) is 6.39. The average Bonchev–Trinajstić information content (AvgIpc) is 3.22. The molecule has 2 N–H and O–H groups in total. The second kappa shape index (κ2) is 9.36. The predicted molar refractivity (Wildman–Crippen MR) is 125 cm³/mol. The van der Waals surface area contributed by atoms with Gasteiger partial charge in [-0.15, -0.1) is 0 Å². The molecule has 0 bridgehead atoms. The molecule has 0 saturated carbocycles. The Balaban J connectivity index is 1.49. The topological polar surface area (TPSA) is 71.9 Å². The molecule has 1 fully saturated rings. The first-order valence-electron chi connectivity index (χ1n) is 11.3. The van der Waals surface area contributed by atoms with Crippen LogP contribution in [-0.2, 0) is 0 Å². The van der Waals surface area contributed by atoms with Gasteiger partial charge in [0.2, 0.25) is 0 Å². The fourth-order valence-corrected chi connectivity index (χ4v) is 4.74. The van der Waals surface area contributed by atoms with Crippen LogP contribution in [-0.4, -0.2) is 34.9 Å². The predicted octanol–water partition coefficient (Wildman–Crippen LogP) is 5.66. The summed E-state index contributed by atoms with van der Waals surface area (Å²) in [5, 5.41) is 13.2. The number of rotatable bonds is 6. The van der Waals surface area contributed by atoms with Crippen molar-refractivity contribution in [3.63, 3.8) is 0 Å². The molecule has 0 aliphatic carbocycles. The molecule has 1 unspecified atom stereocenters. The zero-order valence-corrected chi connectivity index (χ0v) is 18.3. The molecule has 5 nitrogen and oxygen atoms in total. The Morgan fingerprint density at radius 3 is 2.81 bits per heavy atom. The van der Waals surface area contributed by atoms with Gasteiger partial charge in [0.15, 0.2) is 0 Å². The minimum absolute atomic E-state index is 0.202. The van der Waals surface area contributed by atoms with E-state index in [2.05, 4.69) is 47.4 Å². The average molecular weight is 415 g/mol. The zero-order chi connectivity index (χ0) is 21.8. The van der Waals surface area contributed by atoms with E-state index in [9.17, 15) is 4.79 Å². The Morgan fingerprint density at radius 2 is 2.06 bits per heavy atom. The van der Waals surface area contributed by atoms with Crippen LogP contribution in [0.1, 0.15) is 66.9 Å². The lowest BCUT2D eigenvalue weighted by molar-refractivity contribution is 0.102. The van der Waals surface area contributed by atoms with Crippen LogP contribution in [0.15, 0.2) is 48.7 Å². The lowest BCUT2D eigenvalue weighted by Gasteiger charge is -2.36. The molecule has 1 aliphatic heterocycles. The fraction of sp³-hybridized carbons (Fsp3) is 0.385. The number of nitrogens with zero attached hydrogens (tertiary/aromatic N) is 2. The summed E-state index contributed by atoms with van der Waals surface area (Å²) in [7, 11) is 0. The second-order valence-corrected chi connectivity index (χ2v) is 8.60. The number of anilines is 1. The normalized spacial score (nSPS) is 16.2. The van der Waals surface area contributed by atoms with Gasteiger partial charge in [-0.25, -0.2) is 0 Å². The third-order valence-corrected chi connectivity index (χ3v) is 6.52. The molecule has 0 radical (unpaired) electrons. The highest BCUT2D eigenvalue weighted by Crippen LogP contribution is 2.35. The van der Waals surface area contributed by atoms with Gasteiger partial charge >= 0.3 is 0 Å². The number of nitrogens with one attached hydrogen (secondary N) is 2. The van der Waals surface area contributed by atoms with E-state index in [4.69, 9.17) is 5.26 Å². The maximum atomic E-state index is 12.7. The quantitative estimate of drug-likeness (QED) is 0.547. The van der Waals surface area contributed by atoms with Crippen LogP contribution in [0.2, 0.25) is 0 Å². The SMILES string of the molecule is CCCC(C)N1CCC(c2c[nH]c3ccc(NC(=O)c4cccc(C#N)c4)cc23)CC1. The standard InChI is InChI=1S/C26H30N4O/c1-3-5-18(2)30-12-10-20(11-13-30)24-17-28-25-9-8-22(15-23(24)25)29-26(31)21-7-4-6-19(14-21)16-27/h4,6-9,14-15,17-18,20,28H,3,5,10-13H2,1-2H3,(H,29,31). The molecule has 31 heavy (non-hydrogen) atoms. The van der Waals surface area contributed by atoms with Gasteiger partial charge in [-0.05, 0) is 87.2 Å². The van der Waals surface area contributed by atoms with Crippen molar-refractivity contribution in [3.8, 4) is 6.07 Å². The number of fused-ring (bicyclic) bond motifs is 1. The van der Waals surface area contributed by atoms with E-state index in [1.165, 1.54) is 36.6 Å². The molecular weight excluding hydrogens is 384 g/mol. The molecule has 0 spiro atoms. The van der Waals surface area contributed by atoms with Gasteiger partial charge in [0.1, 0.15) is 0 Å². The first kappa shape index (κ1) is 21.1. The van der Waals surface area contributed by atoms with Crippen LogP contribution < -0.4 is 5.32 Å². The number of aromatic nitrogens is 1. The summed E-state index contributed by atoms with van der Waals surface area (Å²) in [5.74, 6) is 0.337. The van der Waals surface area contributed by atoms with Crippen molar-refractivity contribution >= 4 is 22.5 Å². The van der Waals surface area contributed by atoms with E-state index >= 15 is 0 Å². The molecule has 160 valence electrons. The molecule has 4 rings (SSSR count). The van der Waals surface area contributed by atoms with Crippen molar-refractivity contribution in [2.75, 3.05) is 18.4 Å². The molecule has 1 amide bonds. The lowest BCUT2D eigenvalue weighted by Crippen LogP contribution is -2.39. The highest BCUT2D eigenvalue weighted by atomic mass is 16.1. The number of nitriles is 1. The maximum Gasteiger partial charge on any atom is 0.255 e. The molecule has 1 aliphatic rings. The van der Waals surface area contributed by atoms with Gasteiger partial charge in [0.25, 0.3) is 5.91 Å². The minimum Gasteiger partial charge on any atom is -0.361 e. The van der Waals surface area contributed by atoms with Crippen LogP contribution in [0.3, 0.4) is 0 Å². The monoisotopic (exact) mass is 414 g/mol. The Morgan fingerprint density at radius 1 is 1.26 bits per heavy atom. The Labute approximate surface area is 184 Å². The van der Waals surface area contributed by atoms with E-state index in [0.29, 0.717) is 23.1 Å². The van der Waals surface area contributed by atoms with Crippen molar-refractivity contribution in [1.82, 2.24) is 9.88 Å². The van der Waals surface area contributed by atoms with Gasteiger partial charge in [-0.2, -0.15) is 5.26 Å². The van der Waals surface area contributed by atoms with Crippen LogP contribution in [0.25, 0.3) is 10.9 Å². The highest BCUT2D eigenvalue weighted by molar-refractivity contribution is 6.05. The van der Waals surface area contributed by atoms with Crippen LogP contribution >= 0.6 is 0 Å². The van der Waals surface area contributed by atoms with E-state index in [0.717, 1.165) is 24.3 Å². The number of H-pyrrole nitrogens is 1. The summed E-state index contributed by atoms with van der Waals surface area (Å²) < 4.78 is 0. The summed E-state index contributed by atoms with van der Waals surface area (Å²) in [6.45, 7) is 6.89. The molecule has 3 aromatic rings. The van der Waals surface area contributed by atoms with Crippen molar-refractivity contribution in [2.24, 2.45) is 0 Å². The second-order valence-electron chi connectivity index (χ2n) is 8.60. The number of carbonyl (C=O) groups excluding carboxylic acids is 1. The summed E-state index contributed by atoms with van der Waals surface area (Å²) >= 11 is 0. The Bertz CT molecular complexity index is 1100. The largest absolute Gasteiger partial charge is 0.361 e. The summed E-state index contributed by atoms with van der Waals surface area (Å²) in [6, 6.07) is 15.5. The number of aromatic amines is 1. The van der Waals surface area contributed by atoms with Gasteiger partial charge in [-0.1, -0.05) is 19.4 Å². The summed E-state index contributed by atoms with van der Waals surface area (Å²) in [4.78, 5) is 18.7. The van der Waals surface area contributed by atoms with Gasteiger partial charge in [0.05, 0.1) is 11.6 Å². The number of hydrogen-bond donors (Lipinski definition) is 2. The minimum atomic E-state index is -0.202. The number of hydrogen-bond acceptors (Lipinski definition) is 3. The van der Waals surface area contributed by atoms with Crippen molar-refractivity contribution in [2.45, 2.75) is 51.5 Å². The van der Waals surface area contributed by atoms with Crippen LogP contribution in [0.5, 0.6) is 0 Å². The molecular formula is C26H30N4O. The lowest BCUT2D eigenvalue weighted by atomic mass is 9.88. The number of benzene rings is 2. The van der Waals surface area contributed by atoms with Gasteiger partial charge < -0.3 is 15.2 Å². The van der Waals surface area contributed by atoms with Crippen LogP contribution in [0.4, 0.5) is 5.69 Å². The first-order valence-corrected chi connectivity index (χ1v) is 11.3. The maximum absolute atomic E-state index is 12.7. The fourth-order valence-electron chi connectivity index (χ4n) is 4.74. The third-order valence-electron chi connectivity index (χ3n) is 6.52. The van der Waals surface area contributed by atoms with E-state index in [1.54, 1.807) is 24.3 Å². The molecule has 1 atom stereocenters. The number of piperidine rings is 1. The Hall–Kier alpha value is -3.10. The summed E-state index contributed by atoms with van der Waals surface area (Å²) in [6.07, 6.45) is 6.97. The molecule has 1 aromatic heterocycles. The van der Waals surface area contributed by atoms with Crippen LogP contribution in [0, 0.1) is 11.3 Å². The van der Waals surface area contributed by atoms with E-state index in [1.807, 2.05) is 12.1 Å². The van der Waals surface area contributed by atoms with Crippen molar-refractivity contribution in [1.29, 1.82) is 5.26 Å². The van der Waals surface area contributed by atoms with E-state index < -0.39 is 0 Å². The first-order chi connectivity index (χ1) is 15.1. The van der Waals surface area contributed by atoms with Gasteiger partial charge in [-0.3, -0.25) is 4.79 Å². The van der Waals surface area contributed by atoms with Crippen molar-refractivity contribution < 1.29 is 4.79 Å². The number of carbonyl (C=O) groups is 1. The number of amides is 1. The highest BCUT2D eigenvalue weighted by Gasteiger charge is 2.25. The van der Waals surface area contributed by atoms with E-state index in [-0.39, 0.29) is 5.91 Å². The molecule has 2 aromatic carbocycles. The number of likely N-dealkylation sites (tertiary alicyclic amines) is 1. The molecule has 1 saturated heterocycles. The van der Waals surface area contributed by atoms with Crippen molar-refractivity contribution in [3.05, 3.63) is 65.4 Å². The third kappa shape index (κ3) is 4.65. The molecule has 2 heterocycles. The zero-order valence-electron chi connectivity index (χ0n) is 18.3. The summed E-state index contributed by atoms with van der Waals surface area (Å²) in [5.41, 5.74) is 4.19. The smallest absolute Gasteiger partial charge is 0.255 e. The van der Waals surface area contributed by atoms with Gasteiger partial charge in [0, 0.05) is 34.4 Å². The molecule has 5 heteroatoms.